The molecule has 5 heteroatoms. The predicted molar refractivity (Wildman–Crippen MR) is 87.1 cm³/mol. The summed E-state index contributed by atoms with van der Waals surface area (Å²) < 4.78 is 0. The smallest absolute Gasteiger partial charge is 0.0931 e. The third kappa shape index (κ3) is 3.72. The van der Waals surface area contributed by atoms with E-state index in [9.17, 15) is 5.11 Å². The molecule has 3 rings (SSSR count). The van der Waals surface area contributed by atoms with Gasteiger partial charge in [0.15, 0.2) is 0 Å². The fraction of sp³-hybridized carbons (Fsp3) is 0.625. The van der Waals surface area contributed by atoms with Crippen molar-refractivity contribution in [1.82, 2.24) is 9.80 Å². The Morgan fingerprint density at radius 1 is 1.19 bits per heavy atom. The van der Waals surface area contributed by atoms with Gasteiger partial charge in [-0.05, 0) is 57.1 Å². The molecule has 0 bridgehead atoms. The van der Waals surface area contributed by atoms with E-state index in [1.807, 2.05) is 0 Å². The van der Waals surface area contributed by atoms with Crippen LogP contribution in [0.15, 0.2) is 18.2 Å². The van der Waals surface area contributed by atoms with Gasteiger partial charge in [0.05, 0.1) is 6.10 Å². The van der Waals surface area contributed by atoms with Crippen LogP contribution < -0.4 is 0 Å². The van der Waals surface area contributed by atoms with Crippen LogP contribution in [0.5, 0.6) is 0 Å². The second-order valence-electron chi connectivity index (χ2n) is 6.13. The van der Waals surface area contributed by atoms with Gasteiger partial charge in [0.2, 0.25) is 0 Å². The van der Waals surface area contributed by atoms with Crippen LogP contribution in [0, 0.1) is 0 Å². The Bertz CT molecular complexity index is 497. The monoisotopic (exact) mass is 328 g/mol. The minimum Gasteiger partial charge on any atom is -0.387 e. The summed E-state index contributed by atoms with van der Waals surface area (Å²) in [7, 11) is 0. The summed E-state index contributed by atoms with van der Waals surface area (Å²) in [6.07, 6.45) is 3.18. The van der Waals surface area contributed by atoms with E-state index in [2.05, 4.69) is 9.80 Å². The van der Waals surface area contributed by atoms with E-state index >= 15 is 0 Å². The van der Waals surface area contributed by atoms with Gasteiger partial charge in [-0.3, -0.25) is 9.80 Å². The molecule has 0 spiro atoms. The molecular weight excluding hydrogens is 307 g/mol. The van der Waals surface area contributed by atoms with Crippen LogP contribution in [0.4, 0.5) is 0 Å². The van der Waals surface area contributed by atoms with Crippen LogP contribution in [0.1, 0.15) is 30.9 Å². The molecule has 2 heterocycles. The molecule has 0 aliphatic carbocycles. The standard InChI is InChI=1S/C16H22Cl2N2O/c17-12-4-5-15(18)14(9-12)16(21)11-19-6-2-8-20-7-1-3-13(20)10-19/h4-5,9,13,16,21H,1-3,6-8,10-11H2/t13-,16-/m0/s1. The first-order valence-electron chi connectivity index (χ1n) is 7.73. The molecule has 2 fully saturated rings. The molecule has 2 aliphatic heterocycles. The number of nitrogens with zero attached hydrogens (tertiary/aromatic N) is 2. The molecule has 0 unspecified atom stereocenters. The Morgan fingerprint density at radius 3 is 2.86 bits per heavy atom. The molecule has 2 saturated heterocycles. The molecule has 2 aliphatic rings. The van der Waals surface area contributed by atoms with E-state index in [0.29, 0.717) is 22.6 Å². The fourth-order valence-corrected chi connectivity index (χ4v) is 3.99. The molecule has 0 amide bonds. The lowest BCUT2D eigenvalue weighted by Crippen LogP contribution is -2.38. The highest BCUT2D eigenvalue weighted by Crippen LogP contribution is 2.28. The first-order chi connectivity index (χ1) is 10.1. The summed E-state index contributed by atoms with van der Waals surface area (Å²) in [5, 5.41) is 11.7. The highest BCUT2D eigenvalue weighted by molar-refractivity contribution is 6.33. The maximum Gasteiger partial charge on any atom is 0.0931 e. The van der Waals surface area contributed by atoms with E-state index in [-0.39, 0.29) is 0 Å². The first kappa shape index (κ1) is 15.6. The van der Waals surface area contributed by atoms with Crippen molar-refractivity contribution in [1.29, 1.82) is 0 Å². The summed E-state index contributed by atoms with van der Waals surface area (Å²) in [4.78, 5) is 4.97. The highest BCUT2D eigenvalue weighted by Gasteiger charge is 2.29. The minimum atomic E-state index is -0.579. The van der Waals surface area contributed by atoms with E-state index in [0.717, 1.165) is 18.7 Å². The number of hydrogen-bond acceptors (Lipinski definition) is 3. The Kier molecular flexibility index (Phi) is 5.07. The summed E-state index contributed by atoms with van der Waals surface area (Å²) in [5.41, 5.74) is 0.733. The number of halogens is 2. The SMILES string of the molecule is O[C@@H](CN1CCCN2CCC[C@H]2C1)c1cc(Cl)ccc1Cl. The maximum absolute atomic E-state index is 10.5. The van der Waals surface area contributed by atoms with Crippen molar-refractivity contribution in [2.24, 2.45) is 0 Å². The largest absolute Gasteiger partial charge is 0.387 e. The molecule has 0 saturated carbocycles. The summed E-state index contributed by atoms with van der Waals surface area (Å²) >= 11 is 12.2. The molecule has 0 aromatic heterocycles. The van der Waals surface area contributed by atoms with Crippen LogP contribution in [0.25, 0.3) is 0 Å². The number of benzene rings is 1. The van der Waals surface area contributed by atoms with Crippen LogP contribution in [0.2, 0.25) is 10.0 Å². The lowest BCUT2D eigenvalue weighted by atomic mass is 10.1. The van der Waals surface area contributed by atoms with E-state index in [1.54, 1.807) is 18.2 Å². The van der Waals surface area contributed by atoms with E-state index in [1.165, 1.54) is 32.4 Å². The normalized spacial score (nSPS) is 25.6. The number of hydrogen-bond donors (Lipinski definition) is 1. The zero-order valence-corrected chi connectivity index (χ0v) is 13.7. The van der Waals surface area contributed by atoms with E-state index < -0.39 is 6.10 Å². The Labute approximate surface area is 136 Å². The molecule has 0 radical (unpaired) electrons. The van der Waals surface area contributed by atoms with Gasteiger partial charge >= 0.3 is 0 Å². The molecule has 3 nitrogen and oxygen atoms in total. The molecule has 1 aromatic carbocycles. The molecule has 1 aromatic rings. The minimum absolute atomic E-state index is 0.579. The van der Waals surface area contributed by atoms with Crippen molar-refractivity contribution in [3.63, 3.8) is 0 Å². The molecule has 116 valence electrons. The number of fused-ring (bicyclic) bond motifs is 1. The molecule has 2 atom stereocenters. The van der Waals surface area contributed by atoms with Gasteiger partial charge in [-0.2, -0.15) is 0 Å². The zero-order chi connectivity index (χ0) is 14.8. The van der Waals surface area contributed by atoms with Crippen molar-refractivity contribution in [2.45, 2.75) is 31.4 Å². The maximum atomic E-state index is 10.5. The molecule has 1 N–H and O–H groups in total. The first-order valence-corrected chi connectivity index (χ1v) is 8.48. The number of aliphatic hydroxyl groups is 1. The van der Waals surface area contributed by atoms with Gasteiger partial charge < -0.3 is 5.11 Å². The zero-order valence-electron chi connectivity index (χ0n) is 12.1. The van der Waals surface area contributed by atoms with Crippen molar-refractivity contribution in [3.05, 3.63) is 33.8 Å². The van der Waals surface area contributed by atoms with Crippen LogP contribution in [-0.4, -0.2) is 53.7 Å². The van der Waals surface area contributed by atoms with Gasteiger partial charge in [0.25, 0.3) is 0 Å². The highest BCUT2D eigenvalue weighted by atomic mass is 35.5. The second kappa shape index (κ2) is 6.84. The van der Waals surface area contributed by atoms with Gasteiger partial charge in [-0.15, -0.1) is 0 Å². The Hall–Kier alpha value is -0.320. The third-order valence-corrected chi connectivity index (χ3v) is 5.22. The second-order valence-corrected chi connectivity index (χ2v) is 6.97. The number of rotatable bonds is 3. The van der Waals surface area contributed by atoms with Crippen molar-refractivity contribution in [3.8, 4) is 0 Å². The fourth-order valence-electron chi connectivity index (χ4n) is 3.56. The lowest BCUT2D eigenvalue weighted by Gasteiger charge is -2.27. The van der Waals surface area contributed by atoms with E-state index in [4.69, 9.17) is 23.2 Å². The average Bonchev–Trinajstić information content (AvgIpc) is 2.80. The Balaban J connectivity index is 1.66. The number of aliphatic hydroxyl groups excluding tert-OH is 1. The topological polar surface area (TPSA) is 26.7 Å². The van der Waals surface area contributed by atoms with Gasteiger partial charge in [0, 0.05) is 34.7 Å². The number of β-amino-alcohol motifs (C(OH)–C–C–N with tert-alkyl or cyclic N) is 1. The van der Waals surface area contributed by atoms with Crippen molar-refractivity contribution >= 4 is 23.2 Å². The average molecular weight is 329 g/mol. The molecular formula is C16H22Cl2N2O. The summed E-state index contributed by atoms with van der Waals surface area (Å²) in [5.74, 6) is 0. The predicted octanol–water partition coefficient (Wildman–Crippen LogP) is 3.20. The Morgan fingerprint density at radius 2 is 2.00 bits per heavy atom. The van der Waals surface area contributed by atoms with Crippen LogP contribution in [-0.2, 0) is 0 Å². The van der Waals surface area contributed by atoms with Gasteiger partial charge in [-0.25, -0.2) is 0 Å². The van der Waals surface area contributed by atoms with Crippen molar-refractivity contribution < 1.29 is 5.11 Å². The lowest BCUT2D eigenvalue weighted by molar-refractivity contribution is 0.108. The molecule has 21 heavy (non-hydrogen) atoms. The van der Waals surface area contributed by atoms with Gasteiger partial charge in [0.1, 0.15) is 0 Å². The van der Waals surface area contributed by atoms with Crippen LogP contribution >= 0.6 is 23.2 Å². The summed E-state index contributed by atoms with van der Waals surface area (Å²) in [6.45, 7) is 5.15. The van der Waals surface area contributed by atoms with Gasteiger partial charge in [-0.1, -0.05) is 23.2 Å². The van der Waals surface area contributed by atoms with Crippen molar-refractivity contribution in [2.75, 3.05) is 32.7 Å². The van der Waals surface area contributed by atoms with Crippen LogP contribution in [0.3, 0.4) is 0 Å². The quantitative estimate of drug-likeness (QED) is 0.923. The third-order valence-electron chi connectivity index (χ3n) is 4.64. The summed E-state index contributed by atoms with van der Waals surface area (Å²) in [6, 6.07) is 5.94.